The average Bonchev–Trinajstić information content (AvgIpc) is 1.87. The number of hydrogen-bond acceptors (Lipinski definition) is 2. The van der Waals surface area contributed by atoms with E-state index in [-0.39, 0.29) is 5.91 Å². The maximum absolute atomic E-state index is 11.0. The Labute approximate surface area is 61.5 Å². The number of carbonyl (C=O) groups is 1. The Balaban J connectivity index is 3.83. The zero-order chi connectivity index (χ0) is 8.15. The second kappa shape index (κ2) is 4.06. The molecule has 0 spiro atoms. The standard InChI is InChI=1S/C7H14N2O/c1-6(4-5-8)7(10)9(2)3/h1,4-5,8H2,2-3H3. The Hall–Kier alpha value is -0.830. The van der Waals surface area contributed by atoms with Crippen LogP contribution in [-0.4, -0.2) is 31.4 Å². The lowest BCUT2D eigenvalue weighted by Gasteiger charge is -2.10. The van der Waals surface area contributed by atoms with Gasteiger partial charge in [0.2, 0.25) is 5.91 Å². The van der Waals surface area contributed by atoms with Gasteiger partial charge in [0.15, 0.2) is 0 Å². The normalized spacial score (nSPS) is 9.10. The molecule has 0 unspecified atom stereocenters. The minimum Gasteiger partial charge on any atom is -0.345 e. The molecule has 0 aromatic rings. The monoisotopic (exact) mass is 142 g/mol. The summed E-state index contributed by atoms with van der Waals surface area (Å²) in [6.07, 6.45) is 0.580. The van der Waals surface area contributed by atoms with Gasteiger partial charge in [-0.15, -0.1) is 0 Å². The maximum Gasteiger partial charge on any atom is 0.248 e. The molecular weight excluding hydrogens is 128 g/mol. The van der Waals surface area contributed by atoms with Crippen LogP contribution in [0.3, 0.4) is 0 Å². The number of nitrogens with two attached hydrogens (primary N) is 1. The molecule has 0 aliphatic heterocycles. The molecule has 0 saturated heterocycles. The second-order valence-electron chi connectivity index (χ2n) is 2.34. The van der Waals surface area contributed by atoms with E-state index in [1.807, 2.05) is 0 Å². The fraction of sp³-hybridized carbons (Fsp3) is 0.571. The summed E-state index contributed by atoms with van der Waals surface area (Å²) in [5.74, 6) is -0.0366. The van der Waals surface area contributed by atoms with Gasteiger partial charge in [0.25, 0.3) is 0 Å². The van der Waals surface area contributed by atoms with Crippen LogP contribution >= 0.6 is 0 Å². The van der Waals surface area contributed by atoms with E-state index >= 15 is 0 Å². The molecule has 58 valence electrons. The van der Waals surface area contributed by atoms with Crippen molar-refractivity contribution in [2.24, 2.45) is 5.73 Å². The molecule has 0 aromatic heterocycles. The zero-order valence-corrected chi connectivity index (χ0v) is 6.55. The molecule has 0 aliphatic carbocycles. The lowest BCUT2D eigenvalue weighted by molar-refractivity contribution is -0.124. The van der Waals surface area contributed by atoms with E-state index < -0.39 is 0 Å². The van der Waals surface area contributed by atoms with Gasteiger partial charge >= 0.3 is 0 Å². The van der Waals surface area contributed by atoms with Gasteiger partial charge in [-0.05, 0) is 13.0 Å². The fourth-order valence-corrected chi connectivity index (χ4v) is 0.597. The van der Waals surface area contributed by atoms with Crippen molar-refractivity contribution in [3.63, 3.8) is 0 Å². The average molecular weight is 142 g/mol. The molecule has 3 heteroatoms. The Morgan fingerprint density at radius 2 is 2.10 bits per heavy atom. The molecule has 0 fully saturated rings. The fourth-order valence-electron chi connectivity index (χ4n) is 0.597. The van der Waals surface area contributed by atoms with Crippen LogP contribution in [0.2, 0.25) is 0 Å². The molecule has 0 rings (SSSR count). The molecule has 3 nitrogen and oxygen atoms in total. The highest BCUT2D eigenvalue weighted by Gasteiger charge is 2.06. The molecule has 2 N–H and O–H groups in total. The van der Waals surface area contributed by atoms with Crippen LogP contribution < -0.4 is 5.73 Å². The van der Waals surface area contributed by atoms with Crippen molar-refractivity contribution < 1.29 is 4.79 Å². The largest absolute Gasteiger partial charge is 0.345 e. The third-order valence-electron chi connectivity index (χ3n) is 1.15. The number of rotatable bonds is 3. The quantitative estimate of drug-likeness (QED) is 0.563. The van der Waals surface area contributed by atoms with Crippen molar-refractivity contribution >= 4 is 5.91 Å². The van der Waals surface area contributed by atoms with Crippen molar-refractivity contribution in [2.75, 3.05) is 20.6 Å². The van der Waals surface area contributed by atoms with Crippen molar-refractivity contribution in [1.29, 1.82) is 0 Å². The van der Waals surface area contributed by atoms with E-state index in [1.54, 1.807) is 14.1 Å². The molecule has 0 radical (unpaired) electrons. The van der Waals surface area contributed by atoms with Gasteiger partial charge in [-0.2, -0.15) is 0 Å². The van der Waals surface area contributed by atoms with Crippen molar-refractivity contribution in [1.82, 2.24) is 4.90 Å². The smallest absolute Gasteiger partial charge is 0.248 e. The lowest BCUT2D eigenvalue weighted by Crippen LogP contribution is -2.24. The highest BCUT2D eigenvalue weighted by Crippen LogP contribution is 1.98. The first-order chi connectivity index (χ1) is 4.59. The van der Waals surface area contributed by atoms with Crippen molar-refractivity contribution in [3.8, 4) is 0 Å². The number of likely N-dealkylation sites (N-methyl/N-ethyl adjacent to an activating group) is 1. The summed E-state index contributed by atoms with van der Waals surface area (Å²) in [6.45, 7) is 4.08. The molecule has 0 aromatic carbocycles. The van der Waals surface area contributed by atoms with Crippen LogP contribution in [0.4, 0.5) is 0 Å². The van der Waals surface area contributed by atoms with Crippen LogP contribution in [0.5, 0.6) is 0 Å². The van der Waals surface area contributed by atoms with Gasteiger partial charge in [-0.25, -0.2) is 0 Å². The van der Waals surface area contributed by atoms with E-state index in [1.165, 1.54) is 4.90 Å². The molecular formula is C7H14N2O. The topological polar surface area (TPSA) is 46.3 Å². The minimum absolute atomic E-state index is 0.0366. The SMILES string of the molecule is C=C(CCN)C(=O)N(C)C. The summed E-state index contributed by atoms with van der Waals surface area (Å²) >= 11 is 0. The summed E-state index contributed by atoms with van der Waals surface area (Å²) in [5, 5.41) is 0. The van der Waals surface area contributed by atoms with E-state index in [4.69, 9.17) is 5.73 Å². The summed E-state index contributed by atoms with van der Waals surface area (Å²) in [6, 6.07) is 0. The molecule has 0 bridgehead atoms. The van der Waals surface area contributed by atoms with Crippen LogP contribution in [0.25, 0.3) is 0 Å². The highest BCUT2D eigenvalue weighted by molar-refractivity contribution is 5.92. The summed E-state index contributed by atoms with van der Waals surface area (Å²) in [7, 11) is 3.40. The first-order valence-electron chi connectivity index (χ1n) is 3.19. The van der Waals surface area contributed by atoms with Gasteiger partial charge < -0.3 is 10.6 Å². The van der Waals surface area contributed by atoms with Crippen molar-refractivity contribution in [2.45, 2.75) is 6.42 Å². The van der Waals surface area contributed by atoms with E-state index in [0.29, 0.717) is 18.5 Å². The van der Waals surface area contributed by atoms with Crippen LogP contribution in [-0.2, 0) is 4.79 Å². The Bertz CT molecular complexity index is 141. The molecule has 0 atom stereocenters. The molecule has 0 heterocycles. The zero-order valence-electron chi connectivity index (χ0n) is 6.55. The Morgan fingerprint density at radius 1 is 1.60 bits per heavy atom. The number of hydrogen-bond donors (Lipinski definition) is 1. The Morgan fingerprint density at radius 3 is 2.40 bits per heavy atom. The van der Waals surface area contributed by atoms with Crippen LogP contribution in [0, 0.1) is 0 Å². The predicted octanol–water partition coefficient (Wildman–Crippen LogP) is -0.0204. The summed E-state index contributed by atoms with van der Waals surface area (Å²) in [4.78, 5) is 12.5. The van der Waals surface area contributed by atoms with E-state index in [2.05, 4.69) is 6.58 Å². The number of carbonyl (C=O) groups excluding carboxylic acids is 1. The van der Waals surface area contributed by atoms with Gasteiger partial charge in [0.05, 0.1) is 0 Å². The van der Waals surface area contributed by atoms with Crippen LogP contribution in [0.1, 0.15) is 6.42 Å². The van der Waals surface area contributed by atoms with Gasteiger partial charge in [0, 0.05) is 19.7 Å². The first-order valence-corrected chi connectivity index (χ1v) is 3.19. The van der Waals surface area contributed by atoms with Gasteiger partial charge in [-0.3, -0.25) is 4.79 Å². The third kappa shape index (κ3) is 2.64. The highest BCUT2D eigenvalue weighted by atomic mass is 16.2. The van der Waals surface area contributed by atoms with Gasteiger partial charge in [0.1, 0.15) is 0 Å². The summed E-state index contributed by atoms with van der Waals surface area (Å²) in [5.41, 5.74) is 5.81. The van der Waals surface area contributed by atoms with E-state index in [0.717, 1.165) is 0 Å². The molecule has 1 amide bonds. The third-order valence-corrected chi connectivity index (χ3v) is 1.15. The summed E-state index contributed by atoms with van der Waals surface area (Å²) < 4.78 is 0. The lowest BCUT2D eigenvalue weighted by atomic mass is 10.2. The first kappa shape index (κ1) is 9.17. The molecule has 10 heavy (non-hydrogen) atoms. The minimum atomic E-state index is -0.0366. The maximum atomic E-state index is 11.0. The predicted molar refractivity (Wildman–Crippen MR) is 41.5 cm³/mol. The second-order valence-corrected chi connectivity index (χ2v) is 2.34. The number of amides is 1. The van der Waals surface area contributed by atoms with E-state index in [9.17, 15) is 4.79 Å². The van der Waals surface area contributed by atoms with Crippen LogP contribution in [0.15, 0.2) is 12.2 Å². The Kier molecular flexibility index (Phi) is 3.72. The molecule has 0 saturated carbocycles. The van der Waals surface area contributed by atoms with Crippen molar-refractivity contribution in [3.05, 3.63) is 12.2 Å². The van der Waals surface area contributed by atoms with Gasteiger partial charge in [-0.1, -0.05) is 6.58 Å². The molecule has 0 aliphatic rings. The number of nitrogens with zero attached hydrogens (tertiary/aromatic N) is 1.